The van der Waals surface area contributed by atoms with Crippen molar-refractivity contribution >= 4 is 12.7 Å². The first-order chi connectivity index (χ1) is 4.95. The zero-order valence-corrected chi connectivity index (χ0v) is 6.96. The van der Waals surface area contributed by atoms with Crippen LogP contribution in [0.5, 0.6) is 0 Å². The van der Waals surface area contributed by atoms with E-state index in [2.05, 4.69) is 37.6 Å². The normalized spacial score (nSPS) is 14.0. The molecule has 1 aromatic rings. The molecule has 65 valence electrons. The second-order valence-corrected chi connectivity index (χ2v) is 2.91. The quantitative estimate of drug-likeness (QED) is 0.551. The molecule has 1 aliphatic rings. The SMILES string of the molecule is O.O.[B](c1ccccc1)C1CC1. The van der Waals surface area contributed by atoms with Crippen LogP contribution in [-0.4, -0.2) is 18.2 Å². The van der Waals surface area contributed by atoms with E-state index < -0.39 is 0 Å². The maximum absolute atomic E-state index is 2.36. The zero-order valence-electron chi connectivity index (χ0n) is 6.96. The molecule has 2 nitrogen and oxygen atoms in total. The van der Waals surface area contributed by atoms with Crippen LogP contribution >= 0.6 is 0 Å². The summed E-state index contributed by atoms with van der Waals surface area (Å²) in [6, 6.07) is 10.6. The van der Waals surface area contributed by atoms with Gasteiger partial charge in [0.2, 0.25) is 0 Å². The van der Waals surface area contributed by atoms with Crippen LogP contribution in [0.4, 0.5) is 0 Å². The number of hydrogen-bond donors (Lipinski definition) is 0. The fraction of sp³-hybridized carbons (Fsp3) is 0.333. The van der Waals surface area contributed by atoms with E-state index in [0.717, 1.165) is 5.82 Å². The van der Waals surface area contributed by atoms with Crippen molar-refractivity contribution < 1.29 is 11.0 Å². The molecular weight excluding hydrogens is 151 g/mol. The van der Waals surface area contributed by atoms with Crippen LogP contribution in [0.25, 0.3) is 0 Å². The molecule has 0 spiro atoms. The third-order valence-electron chi connectivity index (χ3n) is 1.85. The van der Waals surface area contributed by atoms with Gasteiger partial charge in [0.25, 0.3) is 0 Å². The van der Waals surface area contributed by atoms with Gasteiger partial charge in [-0.3, -0.25) is 0 Å². The Morgan fingerprint density at radius 1 is 1.00 bits per heavy atom. The van der Waals surface area contributed by atoms with Crippen molar-refractivity contribution in [3.05, 3.63) is 30.3 Å². The summed E-state index contributed by atoms with van der Waals surface area (Å²) < 4.78 is 0. The van der Waals surface area contributed by atoms with Gasteiger partial charge in [-0.1, -0.05) is 54.5 Å². The van der Waals surface area contributed by atoms with Gasteiger partial charge in [-0.2, -0.15) is 0 Å². The summed E-state index contributed by atoms with van der Waals surface area (Å²) in [5.41, 5.74) is 1.38. The lowest BCUT2D eigenvalue weighted by Gasteiger charge is -1.93. The fourth-order valence-corrected chi connectivity index (χ4v) is 1.10. The monoisotopic (exact) mass is 165 g/mol. The van der Waals surface area contributed by atoms with E-state index in [-0.39, 0.29) is 11.0 Å². The topological polar surface area (TPSA) is 63.0 Å². The van der Waals surface area contributed by atoms with Crippen LogP contribution in [0.3, 0.4) is 0 Å². The number of benzene rings is 1. The second kappa shape index (κ2) is 4.96. The van der Waals surface area contributed by atoms with Crippen molar-refractivity contribution in [1.82, 2.24) is 0 Å². The lowest BCUT2D eigenvalue weighted by atomic mass is 9.65. The van der Waals surface area contributed by atoms with Gasteiger partial charge in [-0.05, 0) is 0 Å². The fourth-order valence-electron chi connectivity index (χ4n) is 1.10. The Balaban J connectivity index is 0.000000605. The highest BCUT2D eigenvalue weighted by molar-refractivity contribution is 6.55. The number of hydrogen-bond acceptors (Lipinski definition) is 0. The number of rotatable bonds is 2. The van der Waals surface area contributed by atoms with Crippen molar-refractivity contribution in [2.75, 3.05) is 0 Å². The summed E-state index contributed by atoms with van der Waals surface area (Å²) in [5.74, 6) is 0.891. The van der Waals surface area contributed by atoms with Crippen LogP contribution in [-0.2, 0) is 0 Å². The van der Waals surface area contributed by atoms with E-state index in [4.69, 9.17) is 0 Å². The van der Waals surface area contributed by atoms with Crippen LogP contribution < -0.4 is 5.46 Å². The molecule has 1 aromatic carbocycles. The van der Waals surface area contributed by atoms with Gasteiger partial charge in [-0.15, -0.1) is 0 Å². The van der Waals surface area contributed by atoms with Crippen molar-refractivity contribution in [3.8, 4) is 0 Å². The minimum atomic E-state index is 0. The van der Waals surface area contributed by atoms with Crippen molar-refractivity contribution in [2.45, 2.75) is 18.7 Å². The molecule has 1 saturated carbocycles. The summed E-state index contributed by atoms with van der Waals surface area (Å²) >= 11 is 0. The maximum atomic E-state index is 2.36. The van der Waals surface area contributed by atoms with Crippen molar-refractivity contribution in [1.29, 1.82) is 0 Å². The first-order valence-corrected chi connectivity index (χ1v) is 3.85. The van der Waals surface area contributed by atoms with E-state index in [9.17, 15) is 0 Å². The molecule has 0 aliphatic heterocycles. The van der Waals surface area contributed by atoms with E-state index in [0.29, 0.717) is 0 Å². The second-order valence-electron chi connectivity index (χ2n) is 2.91. The predicted octanol–water partition coefficient (Wildman–Crippen LogP) is -0.0510. The van der Waals surface area contributed by atoms with Gasteiger partial charge in [0, 0.05) is 0 Å². The first-order valence-electron chi connectivity index (χ1n) is 3.85. The van der Waals surface area contributed by atoms with Gasteiger partial charge in [0.15, 0.2) is 7.28 Å². The molecule has 1 fully saturated rings. The van der Waals surface area contributed by atoms with Gasteiger partial charge >= 0.3 is 0 Å². The predicted molar refractivity (Wildman–Crippen MR) is 52.0 cm³/mol. The molecule has 0 bridgehead atoms. The summed E-state index contributed by atoms with van der Waals surface area (Å²) in [6.45, 7) is 0. The molecule has 2 rings (SSSR count). The average Bonchev–Trinajstić information content (AvgIpc) is 2.74. The molecule has 0 amide bonds. The molecule has 0 aromatic heterocycles. The van der Waals surface area contributed by atoms with E-state index in [1.807, 2.05) is 0 Å². The Kier molecular flexibility index (Phi) is 4.63. The molecular formula is C9H14BO2. The third kappa shape index (κ3) is 3.07. The third-order valence-corrected chi connectivity index (χ3v) is 1.85. The Morgan fingerprint density at radius 3 is 2.08 bits per heavy atom. The van der Waals surface area contributed by atoms with Crippen molar-refractivity contribution in [3.63, 3.8) is 0 Å². The minimum Gasteiger partial charge on any atom is -0.412 e. The van der Waals surface area contributed by atoms with Crippen LogP contribution in [0, 0.1) is 0 Å². The summed E-state index contributed by atoms with van der Waals surface area (Å²) in [6.07, 6.45) is 2.80. The molecule has 1 radical (unpaired) electrons. The lowest BCUT2D eigenvalue weighted by molar-refractivity contribution is 0.823. The average molecular weight is 165 g/mol. The van der Waals surface area contributed by atoms with Crippen molar-refractivity contribution in [2.24, 2.45) is 0 Å². The molecule has 0 atom stereocenters. The molecule has 0 unspecified atom stereocenters. The molecule has 1 aliphatic carbocycles. The largest absolute Gasteiger partial charge is 0.412 e. The summed E-state index contributed by atoms with van der Waals surface area (Å²) in [7, 11) is 2.36. The molecule has 0 heterocycles. The van der Waals surface area contributed by atoms with Gasteiger partial charge in [0.05, 0.1) is 0 Å². The Bertz CT molecular complexity index is 209. The van der Waals surface area contributed by atoms with E-state index in [1.54, 1.807) is 0 Å². The van der Waals surface area contributed by atoms with Gasteiger partial charge in [-0.25, -0.2) is 0 Å². The van der Waals surface area contributed by atoms with Crippen LogP contribution in [0.1, 0.15) is 12.8 Å². The highest BCUT2D eigenvalue weighted by atomic mass is 16.0. The summed E-state index contributed by atoms with van der Waals surface area (Å²) in [5, 5.41) is 0. The lowest BCUT2D eigenvalue weighted by Crippen LogP contribution is -2.12. The molecule has 0 saturated heterocycles. The Labute approximate surface area is 73.5 Å². The standard InChI is InChI=1S/C9H10B.2H2O/c1-2-4-8(5-3-1)10-9-6-7-9;;/h1-5,9H,6-7H2;2*1H2. The molecule has 4 N–H and O–H groups in total. The molecule has 12 heavy (non-hydrogen) atoms. The van der Waals surface area contributed by atoms with Crippen LogP contribution in [0.2, 0.25) is 5.82 Å². The smallest absolute Gasteiger partial charge is 0.154 e. The first kappa shape index (κ1) is 11.2. The van der Waals surface area contributed by atoms with Crippen LogP contribution in [0.15, 0.2) is 30.3 Å². The van der Waals surface area contributed by atoms with Gasteiger partial charge in [0.1, 0.15) is 0 Å². The van der Waals surface area contributed by atoms with E-state index >= 15 is 0 Å². The van der Waals surface area contributed by atoms with E-state index in [1.165, 1.54) is 18.3 Å². The zero-order chi connectivity index (χ0) is 6.81. The maximum Gasteiger partial charge on any atom is 0.154 e. The highest BCUT2D eigenvalue weighted by Gasteiger charge is 2.21. The Hall–Kier alpha value is -0.795. The highest BCUT2D eigenvalue weighted by Crippen LogP contribution is 2.34. The Morgan fingerprint density at radius 2 is 1.58 bits per heavy atom. The summed E-state index contributed by atoms with van der Waals surface area (Å²) in [4.78, 5) is 0. The van der Waals surface area contributed by atoms with Gasteiger partial charge < -0.3 is 11.0 Å². The minimum absolute atomic E-state index is 0. The molecule has 3 heteroatoms.